The van der Waals surface area contributed by atoms with E-state index in [9.17, 15) is 9.59 Å². The zero-order valence-electron chi connectivity index (χ0n) is 9.06. The molecular weight excluding hydrogens is 220 g/mol. The van der Waals surface area contributed by atoms with Crippen molar-refractivity contribution in [1.82, 2.24) is 20.3 Å². The van der Waals surface area contributed by atoms with E-state index in [0.717, 1.165) is 5.69 Å². The Labute approximate surface area is 97.1 Å². The lowest BCUT2D eigenvalue weighted by Crippen LogP contribution is -2.30. The second kappa shape index (κ2) is 5.11. The molecule has 0 unspecified atom stereocenters. The van der Waals surface area contributed by atoms with Crippen molar-refractivity contribution in [3.63, 3.8) is 0 Å². The topological polar surface area (TPSA) is 90.6 Å². The second-order valence-electron chi connectivity index (χ2n) is 3.50. The van der Waals surface area contributed by atoms with Gasteiger partial charge in [-0.05, 0) is 12.1 Å². The second-order valence-corrected chi connectivity index (χ2v) is 3.50. The van der Waals surface area contributed by atoms with Crippen LogP contribution >= 0.6 is 0 Å². The zero-order valence-corrected chi connectivity index (χ0v) is 9.06. The van der Waals surface area contributed by atoms with Crippen LogP contribution in [0.2, 0.25) is 0 Å². The highest BCUT2D eigenvalue weighted by atomic mass is 16.2. The number of hydrogen-bond acceptors (Lipinski definition) is 3. The molecule has 6 heteroatoms. The largest absolute Gasteiger partial charge is 0.351 e. The highest BCUT2D eigenvalue weighted by Crippen LogP contribution is 1.92. The molecular formula is C11H12N4O2. The van der Waals surface area contributed by atoms with E-state index >= 15 is 0 Å². The van der Waals surface area contributed by atoms with Crippen LogP contribution in [0.5, 0.6) is 0 Å². The third-order valence-corrected chi connectivity index (χ3v) is 2.30. The molecule has 0 atom stereocenters. The SMILES string of the molecule is O=C(NCCc1cnc[nH]1)c1ccc[nH]c1=O. The first-order chi connectivity index (χ1) is 8.27. The summed E-state index contributed by atoms with van der Waals surface area (Å²) in [5.74, 6) is -0.369. The third kappa shape index (κ3) is 2.81. The highest BCUT2D eigenvalue weighted by molar-refractivity contribution is 5.93. The van der Waals surface area contributed by atoms with Crippen molar-refractivity contribution < 1.29 is 4.79 Å². The van der Waals surface area contributed by atoms with Gasteiger partial charge in [-0.3, -0.25) is 9.59 Å². The van der Waals surface area contributed by atoms with Crippen LogP contribution in [0.4, 0.5) is 0 Å². The number of aromatic nitrogens is 3. The Morgan fingerprint density at radius 3 is 3.00 bits per heavy atom. The average Bonchev–Trinajstić information content (AvgIpc) is 2.82. The summed E-state index contributed by atoms with van der Waals surface area (Å²) in [6.07, 6.45) is 5.42. The molecule has 0 fully saturated rings. The van der Waals surface area contributed by atoms with Crippen LogP contribution in [0.3, 0.4) is 0 Å². The molecule has 2 rings (SSSR count). The molecule has 0 spiro atoms. The number of imidazole rings is 1. The Morgan fingerprint density at radius 1 is 1.41 bits per heavy atom. The van der Waals surface area contributed by atoms with Crippen LogP contribution in [0.1, 0.15) is 16.1 Å². The van der Waals surface area contributed by atoms with Crippen molar-refractivity contribution in [2.24, 2.45) is 0 Å². The number of rotatable bonds is 4. The fraction of sp³-hybridized carbons (Fsp3) is 0.182. The van der Waals surface area contributed by atoms with Gasteiger partial charge in [0.15, 0.2) is 0 Å². The molecule has 1 amide bonds. The minimum absolute atomic E-state index is 0.122. The summed E-state index contributed by atoms with van der Waals surface area (Å²) >= 11 is 0. The monoisotopic (exact) mass is 232 g/mol. The molecule has 2 heterocycles. The van der Waals surface area contributed by atoms with E-state index in [-0.39, 0.29) is 17.0 Å². The van der Waals surface area contributed by atoms with Crippen molar-refractivity contribution in [2.45, 2.75) is 6.42 Å². The lowest BCUT2D eigenvalue weighted by Gasteiger charge is -2.02. The van der Waals surface area contributed by atoms with Crippen LogP contribution in [0.25, 0.3) is 0 Å². The van der Waals surface area contributed by atoms with Crippen LogP contribution in [-0.2, 0) is 6.42 Å². The first kappa shape index (κ1) is 11.1. The lowest BCUT2D eigenvalue weighted by molar-refractivity contribution is 0.0952. The maximum Gasteiger partial charge on any atom is 0.260 e. The van der Waals surface area contributed by atoms with Gasteiger partial charge in [0.2, 0.25) is 0 Å². The van der Waals surface area contributed by atoms with Gasteiger partial charge in [-0.15, -0.1) is 0 Å². The Hall–Kier alpha value is -2.37. The summed E-state index contributed by atoms with van der Waals surface area (Å²) in [6, 6.07) is 3.11. The Kier molecular flexibility index (Phi) is 3.34. The molecule has 0 aliphatic carbocycles. The van der Waals surface area contributed by atoms with Crippen molar-refractivity contribution in [1.29, 1.82) is 0 Å². The molecule has 88 valence electrons. The molecule has 17 heavy (non-hydrogen) atoms. The minimum Gasteiger partial charge on any atom is -0.351 e. The predicted octanol–water partition coefficient (Wildman–Crippen LogP) is 0.0705. The molecule has 0 aromatic carbocycles. The summed E-state index contributed by atoms with van der Waals surface area (Å²) in [6.45, 7) is 0.454. The molecule has 0 aliphatic rings. The molecule has 0 aliphatic heterocycles. The molecule has 6 nitrogen and oxygen atoms in total. The maximum atomic E-state index is 11.6. The normalized spacial score (nSPS) is 10.1. The number of hydrogen-bond donors (Lipinski definition) is 3. The number of amides is 1. The summed E-state index contributed by atoms with van der Waals surface area (Å²) in [5, 5.41) is 2.67. The Bertz CT molecular complexity index is 545. The number of pyridine rings is 1. The third-order valence-electron chi connectivity index (χ3n) is 2.30. The van der Waals surface area contributed by atoms with Gasteiger partial charge in [0.1, 0.15) is 5.56 Å². The van der Waals surface area contributed by atoms with Crippen LogP contribution in [0, 0.1) is 0 Å². The van der Waals surface area contributed by atoms with E-state index < -0.39 is 0 Å². The fourth-order valence-electron chi connectivity index (χ4n) is 1.43. The van der Waals surface area contributed by atoms with Crippen LogP contribution in [0.15, 0.2) is 35.6 Å². The van der Waals surface area contributed by atoms with Crippen LogP contribution in [-0.4, -0.2) is 27.4 Å². The lowest BCUT2D eigenvalue weighted by atomic mass is 10.2. The standard InChI is InChI=1S/C11H12N4O2/c16-10-9(2-1-4-13-10)11(17)14-5-3-8-6-12-7-15-8/h1-2,4,6-7H,3,5H2,(H,12,15)(H,13,16)(H,14,17). The molecule has 0 radical (unpaired) electrons. The summed E-state index contributed by atoms with van der Waals surface area (Å²) in [4.78, 5) is 32.2. The van der Waals surface area contributed by atoms with Crippen molar-refractivity contribution in [2.75, 3.05) is 6.54 Å². The minimum atomic E-state index is -0.383. The summed E-state index contributed by atoms with van der Waals surface area (Å²) in [5.41, 5.74) is 0.677. The van der Waals surface area contributed by atoms with E-state index in [1.165, 1.54) is 12.3 Å². The number of nitrogens with zero attached hydrogens (tertiary/aromatic N) is 1. The van der Waals surface area contributed by atoms with Gasteiger partial charge in [0.05, 0.1) is 6.33 Å². The number of carbonyl (C=O) groups excluding carboxylic acids is 1. The van der Waals surface area contributed by atoms with E-state index in [1.54, 1.807) is 18.6 Å². The maximum absolute atomic E-state index is 11.6. The van der Waals surface area contributed by atoms with E-state index in [2.05, 4.69) is 20.3 Å². The summed E-state index contributed by atoms with van der Waals surface area (Å²) < 4.78 is 0. The van der Waals surface area contributed by atoms with Gasteiger partial charge < -0.3 is 15.3 Å². The predicted molar refractivity (Wildman–Crippen MR) is 61.7 cm³/mol. The zero-order chi connectivity index (χ0) is 12.1. The first-order valence-electron chi connectivity index (χ1n) is 5.20. The molecule has 0 bridgehead atoms. The first-order valence-corrected chi connectivity index (χ1v) is 5.20. The molecule has 3 N–H and O–H groups in total. The molecule has 0 saturated heterocycles. The van der Waals surface area contributed by atoms with Gasteiger partial charge in [0, 0.05) is 31.1 Å². The number of nitrogens with one attached hydrogen (secondary N) is 3. The van der Waals surface area contributed by atoms with E-state index in [4.69, 9.17) is 0 Å². The van der Waals surface area contributed by atoms with Gasteiger partial charge in [0.25, 0.3) is 11.5 Å². The van der Waals surface area contributed by atoms with E-state index in [0.29, 0.717) is 13.0 Å². The van der Waals surface area contributed by atoms with Crippen LogP contribution < -0.4 is 10.9 Å². The van der Waals surface area contributed by atoms with Gasteiger partial charge >= 0.3 is 0 Å². The number of aromatic amines is 2. The van der Waals surface area contributed by atoms with Gasteiger partial charge in [-0.1, -0.05) is 0 Å². The van der Waals surface area contributed by atoms with Crippen molar-refractivity contribution >= 4 is 5.91 Å². The van der Waals surface area contributed by atoms with Crippen molar-refractivity contribution in [3.05, 3.63) is 52.5 Å². The number of H-pyrrole nitrogens is 2. The van der Waals surface area contributed by atoms with Gasteiger partial charge in [-0.2, -0.15) is 0 Å². The van der Waals surface area contributed by atoms with E-state index in [1.807, 2.05) is 0 Å². The van der Waals surface area contributed by atoms with Gasteiger partial charge in [-0.25, -0.2) is 4.98 Å². The average molecular weight is 232 g/mol. The highest BCUT2D eigenvalue weighted by Gasteiger charge is 2.08. The fourth-order valence-corrected chi connectivity index (χ4v) is 1.43. The quantitative estimate of drug-likeness (QED) is 0.696. The Morgan fingerprint density at radius 2 is 2.29 bits per heavy atom. The molecule has 2 aromatic heterocycles. The smallest absolute Gasteiger partial charge is 0.260 e. The summed E-state index contributed by atoms with van der Waals surface area (Å²) in [7, 11) is 0. The molecule has 0 saturated carbocycles. The number of carbonyl (C=O) groups is 1. The Balaban J connectivity index is 1.90. The van der Waals surface area contributed by atoms with Crippen molar-refractivity contribution in [3.8, 4) is 0 Å². The molecule has 2 aromatic rings.